The molecule has 1 aromatic carbocycles. The molecule has 0 saturated heterocycles. The van der Waals surface area contributed by atoms with Crippen molar-refractivity contribution in [3.8, 4) is 0 Å². The van der Waals surface area contributed by atoms with Crippen molar-refractivity contribution in [3.05, 3.63) is 66.0 Å². The lowest BCUT2D eigenvalue weighted by Crippen LogP contribution is -2.16. The van der Waals surface area contributed by atoms with Gasteiger partial charge in [-0.15, -0.1) is 0 Å². The van der Waals surface area contributed by atoms with Crippen LogP contribution in [-0.2, 0) is 11.3 Å². The van der Waals surface area contributed by atoms with Gasteiger partial charge in [0.05, 0.1) is 30.2 Å². The Morgan fingerprint density at radius 3 is 2.81 bits per heavy atom. The summed E-state index contributed by atoms with van der Waals surface area (Å²) in [6, 6.07) is 5.31. The zero-order chi connectivity index (χ0) is 18.7. The number of rotatable bonds is 6. The highest BCUT2D eigenvalue weighted by Crippen LogP contribution is 2.12. The van der Waals surface area contributed by atoms with Crippen LogP contribution in [0, 0.1) is 5.82 Å². The molecule has 1 unspecified atom stereocenters. The van der Waals surface area contributed by atoms with Crippen LogP contribution in [0.25, 0.3) is 0 Å². The maximum atomic E-state index is 13.2. The number of aromatic nitrogens is 4. The van der Waals surface area contributed by atoms with Crippen LogP contribution in [0.4, 0.5) is 10.1 Å². The van der Waals surface area contributed by atoms with E-state index in [4.69, 9.17) is 5.11 Å². The Morgan fingerprint density at radius 2 is 2.08 bits per heavy atom. The van der Waals surface area contributed by atoms with Gasteiger partial charge in [-0.1, -0.05) is 12.1 Å². The molecular weight excluding hydrogens is 341 g/mol. The van der Waals surface area contributed by atoms with Crippen LogP contribution in [0.15, 0.2) is 49.1 Å². The molecule has 3 aromatic rings. The minimum absolute atomic E-state index is 0.232. The fraction of sp³-hybridized carbons (Fsp3) is 0.176. The normalized spacial score (nSPS) is 11.9. The first-order valence-electron chi connectivity index (χ1n) is 7.77. The quantitative estimate of drug-likeness (QED) is 0.704. The Morgan fingerprint density at radius 1 is 1.27 bits per heavy atom. The minimum atomic E-state index is -1.04. The number of halogens is 1. The second-order valence-electron chi connectivity index (χ2n) is 5.73. The van der Waals surface area contributed by atoms with Crippen molar-refractivity contribution < 1.29 is 19.1 Å². The van der Waals surface area contributed by atoms with Crippen LogP contribution in [-0.4, -0.2) is 36.5 Å². The molecule has 0 aliphatic heterocycles. The highest BCUT2D eigenvalue weighted by atomic mass is 19.1. The van der Waals surface area contributed by atoms with Gasteiger partial charge in [-0.25, -0.2) is 9.18 Å². The number of hydrogen-bond donors (Lipinski definition) is 2. The average molecular weight is 357 g/mol. The summed E-state index contributed by atoms with van der Waals surface area (Å²) in [6.07, 6.45) is 5.76. The maximum absolute atomic E-state index is 13.2. The Labute approximate surface area is 147 Å². The molecule has 1 amide bonds. The van der Waals surface area contributed by atoms with E-state index >= 15 is 0 Å². The highest BCUT2D eigenvalue weighted by molar-refractivity contribution is 6.03. The fourth-order valence-corrected chi connectivity index (χ4v) is 2.32. The van der Waals surface area contributed by atoms with Crippen molar-refractivity contribution in [3.63, 3.8) is 0 Å². The van der Waals surface area contributed by atoms with Crippen LogP contribution in [0.5, 0.6) is 0 Å². The summed E-state index contributed by atoms with van der Waals surface area (Å²) in [7, 11) is 0. The summed E-state index contributed by atoms with van der Waals surface area (Å²) in [4.78, 5) is 23.2. The second-order valence-corrected chi connectivity index (χ2v) is 5.73. The van der Waals surface area contributed by atoms with Crippen molar-refractivity contribution in [2.24, 2.45) is 0 Å². The first-order chi connectivity index (χ1) is 12.4. The lowest BCUT2D eigenvalue weighted by molar-refractivity contribution is -0.140. The molecule has 9 heteroatoms. The number of aliphatic carboxylic acids is 1. The van der Waals surface area contributed by atoms with Crippen LogP contribution in [0.2, 0.25) is 0 Å². The van der Waals surface area contributed by atoms with E-state index in [0.717, 1.165) is 5.56 Å². The molecule has 2 aromatic heterocycles. The van der Waals surface area contributed by atoms with Crippen molar-refractivity contribution in [2.75, 3.05) is 5.32 Å². The zero-order valence-electron chi connectivity index (χ0n) is 13.8. The van der Waals surface area contributed by atoms with E-state index < -0.39 is 17.9 Å². The summed E-state index contributed by atoms with van der Waals surface area (Å²) in [6.45, 7) is 1.83. The smallest absolute Gasteiger partial charge is 0.328 e. The van der Waals surface area contributed by atoms with Crippen LogP contribution in [0.1, 0.15) is 28.9 Å². The summed E-state index contributed by atoms with van der Waals surface area (Å²) >= 11 is 0. The number of carbonyl (C=O) groups excluding carboxylic acids is 1. The summed E-state index contributed by atoms with van der Waals surface area (Å²) in [5.74, 6) is -1.80. The Kier molecular flexibility index (Phi) is 4.78. The molecule has 0 aliphatic rings. The van der Waals surface area contributed by atoms with Crippen molar-refractivity contribution in [1.82, 2.24) is 19.6 Å². The number of carboxylic acids is 1. The number of anilines is 1. The third-order valence-electron chi connectivity index (χ3n) is 3.74. The van der Waals surface area contributed by atoms with E-state index in [1.165, 1.54) is 42.3 Å². The molecular formula is C17H16FN5O3. The number of nitrogens with one attached hydrogen (secondary N) is 1. The number of carboxylic acid groups (broad SMARTS) is 1. The molecule has 0 radical (unpaired) electrons. The molecule has 2 N–H and O–H groups in total. The van der Waals surface area contributed by atoms with E-state index in [1.54, 1.807) is 23.0 Å². The molecule has 1 atom stereocenters. The van der Waals surface area contributed by atoms with Gasteiger partial charge in [0.2, 0.25) is 0 Å². The van der Waals surface area contributed by atoms with Gasteiger partial charge in [-0.3, -0.25) is 14.2 Å². The Bertz CT molecular complexity index is 949. The second kappa shape index (κ2) is 7.18. The predicted molar refractivity (Wildman–Crippen MR) is 90.3 cm³/mol. The van der Waals surface area contributed by atoms with E-state index in [1.807, 2.05) is 0 Å². The summed E-state index contributed by atoms with van der Waals surface area (Å²) in [5, 5.41) is 19.6. The highest BCUT2D eigenvalue weighted by Gasteiger charge is 2.17. The predicted octanol–water partition coefficient (Wildman–Crippen LogP) is 2.16. The third kappa shape index (κ3) is 3.94. The molecule has 0 aliphatic carbocycles. The number of amides is 1. The molecule has 134 valence electrons. The first-order valence-corrected chi connectivity index (χ1v) is 7.77. The van der Waals surface area contributed by atoms with E-state index in [0.29, 0.717) is 12.2 Å². The first kappa shape index (κ1) is 17.3. The number of benzene rings is 1. The van der Waals surface area contributed by atoms with Crippen molar-refractivity contribution >= 4 is 17.6 Å². The SMILES string of the molecule is CC(C(=O)O)n1cc(C(=O)Nc2cnn(Cc3cccc(F)c3)c2)cn1. The van der Waals surface area contributed by atoms with Gasteiger partial charge < -0.3 is 10.4 Å². The van der Waals surface area contributed by atoms with Crippen molar-refractivity contribution in [2.45, 2.75) is 19.5 Å². The van der Waals surface area contributed by atoms with Crippen LogP contribution >= 0.6 is 0 Å². The van der Waals surface area contributed by atoms with Crippen molar-refractivity contribution in [1.29, 1.82) is 0 Å². The molecule has 0 bridgehead atoms. The molecule has 26 heavy (non-hydrogen) atoms. The van der Waals surface area contributed by atoms with Gasteiger partial charge >= 0.3 is 5.97 Å². The van der Waals surface area contributed by atoms with Gasteiger partial charge in [0.25, 0.3) is 5.91 Å². The average Bonchev–Trinajstić information content (AvgIpc) is 3.24. The molecule has 2 heterocycles. The molecule has 3 rings (SSSR count). The van der Waals surface area contributed by atoms with Gasteiger partial charge in [0.1, 0.15) is 11.9 Å². The lowest BCUT2D eigenvalue weighted by Gasteiger charge is -2.05. The molecule has 0 spiro atoms. The van der Waals surface area contributed by atoms with Gasteiger partial charge in [-0.2, -0.15) is 10.2 Å². The summed E-state index contributed by atoms with van der Waals surface area (Å²) in [5.41, 5.74) is 1.44. The third-order valence-corrected chi connectivity index (χ3v) is 3.74. The van der Waals surface area contributed by atoms with Gasteiger partial charge in [0.15, 0.2) is 0 Å². The maximum Gasteiger partial charge on any atom is 0.328 e. The van der Waals surface area contributed by atoms with Gasteiger partial charge in [-0.05, 0) is 24.6 Å². The van der Waals surface area contributed by atoms with E-state index in [2.05, 4.69) is 15.5 Å². The standard InChI is InChI=1S/C17H16FN5O3/c1-11(17(25)26)23-9-13(6-20-23)16(24)21-15-7-19-22(10-15)8-12-3-2-4-14(18)5-12/h2-7,9-11H,8H2,1H3,(H,21,24)(H,25,26). The lowest BCUT2D eigenvalue weighted by atomic mass is 10.2. The molecule has 0 saturated carbocycles. The number of hydrogen-bond acceptors (Lipinski definition) is 4. The Hall–Kier alpha value is -3.49. The topological polar surface area (TPSA) is 102 Å². The number of carbonyl (C=O) groups is 2. The monoisotopic (exact) mass is 357 g/mol. The van der Waals surface area contributed by atoms with E-state index in [-0.39, 0.29) is 11.4 Å². The van der Waals surface area contributed by atoms with Gasteiger partial charge in [0, 0.05) is 12.4 Å². The largest absolute Gasteiger partial charge is 0.480 e. The van der Waals surface area contributed by atoms with Crippen LogP contribution < -0.4 is 5.32 Å². The minimum Gasteiger partial charge on any atom is -0.480 e. The molecule has 0 fully saturated rings. The molecule has 8 nitrogen and oxygen atoms in total. The number of nitrogens with zero attached hydrogens (tertiary/aromatic N) is 4. The van der Waals surface area contributed by atoms with E-state index in [9.17, 15) is 14.0 Å². The fourth-order valence-electron chi connectivity index (χ4n) is 2.32. The van der Waals surface area contributed by atoms with Crippen LogP contribution in [0.3, 0.4) is 0 Å². The summed E-state index contributed by atoms with van der Waals surface area (Å²) < 4.78 is 16.0. The Balaban J connectivity index is 1.65. The zero-order valence-corrected chi connectivity index (χ0v) is 13.8.